The normalized spacial score (nSPS) is 16.9. The second kappa shape index (κ2) is 6.60. The Balaban J connectivity index is 1.92. The topological polar surface area (TPSA) is 40.5 Å². The molecular formula is C16H23NO2. The summed E-state index contributed by atoms with van der Waals surface area (Å²) in [5.74, 6) is 0.751. The van der Waals surface area contributed by atoms with Crippen molar-refractivity contribution >= 4 is 5.91 Å². The Morgan fingerprint density at radius 3 is 2.32 bits per heavy atom. The molecule has 0 unspecified atom stereocenters. The Labute approximate surface area is 115 Å². The third kappa shape index (κ3) is 3.98. The molecule has 0 spiro atoms. The number of aromatic hydroxyl groups is 1. The highest BCUT2D eigenvalue weighted by Gasteiger charge is 2.22. The smallest absolute Gasteiger partial charge is 0.225 e. The summed E-state index contributed by atoms with van der Waals surface area (Å²) in [6, 6.07) is 7.07. The fourth-order valence-electron chi connectivity index (χ4n) is 2.79. The summed E-state index contributed by atoms with van der Waals surface area (Å²) in [5.41, 5.74) is 1.06. The molecule has 1 aliphatic carbocycles. The molecule has 1 aromatic carbocycles. The average Bonchev–Trinajstić information content (AvgIpc) is 2.69. The second-order valence-electron chi connectivity index (χ2n) is 5.55. The molecule has 1 fully saturated rings. The highest BCUT2D eigenvalue weighted by Crippen LogP contribution is 2.24. The first-order valence-corrected chi connectivity index (χ1v) is 7.19. The van der Waals surface area contributed by atoms with E-state index in [-0.39, 0.29) is 17.6 Å². The van der Waals surface area contributed by atoms with E-state index in [0.29, 0.717) is 6.54 Å². The van der Waals surface area contributed by atoms with E-state index in [1.807, 2.05) is 24.1 Å². The molecule has 3 heteroatoms. The summed E-state index contributed by atoms with van der Waals surface area (Å²) in [7, 11) is 1.88. The highest BCUT2D eigenvalue weighted by molar-refractivity contribution is 5.78. The number of phenols is 1. The largest absolute Gasteiger partial charge is 0.508 e. The van der Waals surface area contributed by atoms with Crippen LogP contribution in [0.4, 0.5) is 0 Å². The molecular weight excluding hydrogens is 238 g/mol. The van der Waals surface area contributed by atoms with Crippen LogP contribution in [0, 0.1) is 5.92 Å². The lowest BCUT2D eigenvalue weighted by Gasteiger charge is -2.23. The number of rotatable bonds is 3. The minimum absolute atomic E-state index is 0.213. The van der Waals surface area contributed by atoms with Crippen LogP contribution in [-0.2, 0) is 11.3 Å². The Morgan fingerprint density at radius 1 is 1.16 bits per heavy atom. The van der Waals surface area contributed by atoms with Crippen LogP contribution in [0.3, 0.4) is 0 Å². The van der Waals surface area contributed by atoms with E-state index >= 15 is 0 Å². The van der Waals surface area contributed by atoms with Gasteiger partial charge < -0.3 is 10.0 Å². The van der Waals surface area contributed by atoms with Crippen molar-refractivity contribution in [2.75, 3.05) is 7.05 Å². The lowest BCUT2D eigenvalue weighted by atomic mass is 9.98. The first-order chi connectivity index (χ1) is 9.16. The lowest BCUT2D eigenvalue weighted by Crippen LogP contribution is -2.32. The molecule has 1 N–H and O–H groups in total. The fourth-order valence-corrected chi connectivity index (χ4v) is 2.79. The number of carbonyl (C=O) groups excluding carboxylic acids is 1. The van der Waals surface area contributed by atoms with Gasteiger partial charge in [-0.3, -0.25) is 4.79 Å². The van der Waals surface area contributed by atoms with Gasteiger partial charge in [0.15, 0.2) is 0 Å². The zero-order valence-electron chi connectivity index (χ0n) is 11.6. The van der Waals surface area contributed by atoms with Crippen LogP contribution < -0.4 is 0 Å². The number of hydrogen-bond acceptors (Lipinski definition) is 2. The lowest BCUT2D eigenvalue weighted by molar-refractivity contribution is -0.135. The maximum Gasteiger partial charge on any atom is 0.225 e. The van der Waals surface area contributed by atoms with Crippen LogP contribution in [-0.4, -0.2) is 23.0 Å². The molecule has 1 amide bonds. The van der Waals surface area contributed by atoms with Crippen molar-refractivity contribution < 1.29 is 9.90 Å². The predicted molar refractivity (Wildman–Crippen MR) is 75.8 cm³/mol. The number of phenolic OH excluding ortho intramolecular Hbond substituents is 1. The van der Waals surface area contributed by atoms with Gasteiger partial charge in [0.25, 0.3) is 0 Å². The van der Waals surface area contributed by atoms with Gasteiger partial charge in [0.2, 0.25) is 5.91 Å². The van der Waals surface area contributed by atoms with E-state index in [0.717, 1.165) is 18.4 Å². The van der Waals surface area contributed by atoms with Crippen LogP contribution in [0.1, 0.15) is 44.1 Å². The standard InChI is InChI=1S/C16H23NO2/c1-17(12-13-8-10-15(18)11-9-13)16(19)14-6-4-2-3-5-7-14/h8-11,14,18H,2-7,12H2,1H3. The van der Waals surface area contributed by atoms with Crippen LogP contribution in [0.5, 0.6) is 5.75 Å². The summed E-state index contributed by atoms with van der Waals surface area (Å²) in [5, 5.41) is 9.25. The van der Waals surface area contributed by atoms with Gasteiger partial charge in [-0.1, -0.05) is 37.8 Å². The second-order valence-corrected chi connectivity index (χ2v) is 5.55. The third-order valence-corrected chi connectivity index (χ3v) is 3.94. The van der Waals surface area contributed by atoms with Crippen molar-refractivity contribution in [3.8, 4) is 5.75 Å². The highest BCUT2D eigenvalue weighted by atomic mass is 16.3. The third-order valence-electron chi connectivity index (χ3n) is 3.94. The quantitative estimate of drug-likeness (QED) is 0.848. The summed E-state index contributed by atoms with van der Waals surface area (Å²) in [6.07, 6.45) is 6.99. The van der Waals surface area contributed by atoms with E-state index in [2.05, 4.69) is 0 Å². The van der Waals surface area contributed by atoms with Gasteiger partial charge in [-0.05, 0) is 30.5 Å². The maximum atomic E-state index is 12.4. The Kier molecular flexibility index (Phi) is 4.83. The maximum absolute atomic E-state index is 12.4. The SMILES string of the molecule is CN(Cc1ccc(O)cc1)C(=O)C1CCCCCC1. The first kappa shape index (κ1) is 13.9. The van der Waals surface area contributed by atoms with E-state index in [1.165, 1.54) is 25.7 Å². The zero-order chi connectivity index (χ0) is 13.7. The van der Waals surface area contributed by atoms with Crippen molar-refractivity contribution in [2.24, 2.45) is 5.92 Å². The molecule has 1 aromatic rings. The van der Waals surface area contributed by atoms with Crippen molar-refractivity contribution in [2.45, 2.75) is 45.1 Å². The van der Waals surface area contributed by atoms with E-state index in [9.17, 15) is 9.90 Å². The molecule has 0 saturated heterocycles. The molecule has 3 nitrogen and oxygen atoms in total. The van der Waals surface area contributed by atoms with Crippen molar-refractivity contribution in [1.82, 2.24) is 4.90 Å². The predicted octanol–water partition coefficient (Wildman–Crippen LogP) is 3.32. The molecule has 0 aliphatic heterocycles. The average molecular weight is 261 g/mol. The molecule has 0 bridgehead atoms. The molecule has 0 heterocycles. The van der Waals surface area contributed by atoms with Gasteiger partial charge in [0.05, 0.1) is 0 Å². The van der Waals surface area contributed by atoms with E-state index in [4.69, 9.17) is 0 Å². The van der Waals surface area contributed by atoms with E-state index in [1.54, 1.807) is 12.1 Å². The Hall–Kier alpha value is -1.51. The van der Waals surface area contributed by atoms with Gasteiger partial charge in [0.1, 0.15) is 5.75 Å². The molecule has 0 radical (unpaired) electrons. The van der Waals surface area contributed by atoms with E-state index < -0.39 is 0 Å². The van der Waals surface area contributed by atoms with Gasteiger partial charge >= 0.3 is 0 Å². The number of carbonyl (C=O) groups is 1. The Bertz CT molecular complexity index is 405. The molecule has 0 aromatic heterocycles. The van der Waals surface area contributed by atoms with Crippen molar-refractivity contribution in [3.05, 3.63) is 29.8 Å². The minimum atomic E-state index is 0.213. The van der Waals surface area contributed by atoms with Crippen LogP contribution in [0.25, 0.3) is 0 Å². The molecule has 19 heavy (non-hydrogen) atoms. The summed E-state index contributed by atoms with van der Waals surface area (Å²) in [6.45, 7) is 0.621. The molecule has 1 aliphatic rings. The van der Waals surface area contributed by atoms with Crippen LogP contribution >= 0.6 is 0 Å². The first-order valence-electron chi connectivity index (χ1n) is 7.19. The van der Waals surface area contributed by atoms with Crippen LogP contribution in [0.15, 0.2) is 24.3 Å². The van der Waals surface area contributed by atoms with Crippen molar-refractivity contribution in [3.63, 3.8) is 0 Å². The van der Waals surface area contributed by atoms with Gasteiger partial charge in [-0.15, -0.1) is 0 Å². The number of benzene rings is 1. The van der Waals surface area contributed by atoms with Gasteiger partial charge in [0, 0.05) is 19.5 Å². The fraction of sp³-hybridized carbons (Fsp3) is 0.562. The number of nitrogens with zero attached hydrogens (tertiary/aromatic N) is 1. The summed E-state index contributed by atoms with van der Waals surface area (Å²) >= 11 is 0. The molecule has 2 rings (SSSR count). The number of hydrogen-bond donors (Lipinski definition) is 1. The Morgan fingerprint density at radius 2 is 1.74 bits per heavy atom. The molecule has 0 atom stereocenters. The van der Waals surface area contributed by atoms with Crippen molar-refractivity contribution in [1.29, 1.82) is 0 Å². The van der Waals surface area contributed by atoms with Gasteiger partial charge in [-0.2, -0.15) is 0 Å². The molecule has 104 valence electrons. The zero-order valence-corrected chi connectivity index (χ0v) is 11.6. The molecule has 1 saturated carbocycles. The summed E-state index contributed by atoms with van der Waals surface area (Å²) in [4.78, 5) is 14.2. The summed E-state index contributed by atoms with van der Waals surface area (Å²) < 4.78 is 0. The monoisotopic (exact) mass is 261 g/mol. The number of amides is 1. The minimum Gasteiger partial charge on any atom is -0.508 e. The van der Waals surface area contributed by atoms with Gasteiger partial charge in [-0.25, -0.2) is 0 Å². The van der Waals surface area contributed by atoms with Crippen LogP contribution in [0.2, 0.25) is 0 Å².